The fourth-order valence-corrected chi connectivity index (χ4v) is 6.59. The van der Waals surface area contributed by atoms with E-state index in [9.17, 15) is 14.7 Å². The number of methoxy groups -OCH3 is 1. The van der Waals surface area contributed by atoms with Crippen molar-refractivity contribution < 1.29 is 38.7 Å². The minimum Gasteiger partial charge on any atom is -0.493 e. The van der Waals surface area contributed by atoms with Crippen molar-refractivity contribution in [2.45, 2.75) is 74.3 Å². The van der Waals surface area contributed by atoms with E-state index in [4.69, 9.17) is 29.8 Å². The molecule has 0 saturated carbocycles. The highest BCUT2D eigenvalue weighted by Gasteiger charge is 2.72. The smallest absolute Gasteiger partial charge is 0.352 e. The largest absolute Gasteiger partial charge is 0.493 e. The number of aliphatic carboxylic acids is 1. The number of esters is 1. The summed E-state index contributed by atoms with van der Waals surface area (Å²) in [6.45, 7) is 6.03. The highest BCUT2D eigenvalue weighted by molar-refractivity contribution is 5.76. The standard InChI is InChI=1S/C27H34N2O8/c1-14(17(28)6-8-21(30)31)35-15(2)25(32)36-19-9-10-27(33)20-13-16-5-7-18(34-4)23-22(16)26(27,24(19)37-23)11-12-29(20)3/h5,7,9,15,17,20,24,33H,1,6,8,10-13,28H2,2-4H3,(H,30,31)/t15-,17-,20+,24-,26-,27+/m0/s1. The number of likely N-dealkylation sites (tertiary alicyclic amines) is 1. The van der Waals surface area contributed by atoms with E-state index in [0.717, 1.165) is 17.7 Å². The molecule has 1 saturated heterocycles. The minimum absolute atomic E-state index is 0.106. The van der Waals surface area contributed by atoms with Crippen molar-refractivity contribution in [1.82, 2.24) is 4.90 Å². The van der Waals surface area contributed by atoms with Crippen LogP contribution in [0.1, 0.15) is 43.7 Å². The SMILES string of the molecule is C=C(O[C@@H](C)C(=O)OC1=CC[C@@]2(O)[C@H]3Cc4ccc(OC)c5c4[C@@]2(CCN3C)[C@H]1O5)[C@@H](N)CCC(=O)O. The summed E-state index contributed by atoms with van der Waals surface area (Å²) in [7, 11) is 3.61. The van der Waals surface area contributed by atoms with Crippen LogP contribution in [0.3, 0.4) is 0 Å². The summed E-state index contributed by atoms with van der Waals surface area (Å²) in [4.78, 5) is 26.1. The zero-order valence-corrected chi connectivity index (χ0v) is 21.4. The van der Waals surface area contributed by atoms with Crippen LogP contribution in [0.25, 0.3) is 0 Å². The van der Waals surface area contributed by atoms with E-state index in [1.165, 1.54) is 6.92 Å². The third-order valence-corrected chi connectivity index (χ3v) is 8.52. The average Bonchev–Trinajstić information content (AvgIpc) is 3.21. The summed E-state index contributed by atoms with van der Waals surface area (Å²) in [5.41, 5.74) is 6.13. The molecule has 2 aliphatic carbocycles. The molecule has 4 aliphatic rings. The molecule has 0 amide bonds. The number of nitrogens with two attached hydrogens (primary N) is 1. The molecule has 1 aromatic carbocycles. The van der Waals surface area contributed by atoms with Crippen molar-refractivity contribution in [2.24, 2.45) is 5.73 Å². The second-order valence-corrected chi connectivity index (χ2v) is 10.5. The van der Waals surface area contributed by atoms with Crippen molar-refractivity contribution in [3.63, 3.8) is 0 Å². The van der Waals surface area contributed by atoms with Gasteiger partial charge in [-0.25, -0.2) is 4.79 Å². The number of carbonyl (C=O) groups is 2. The Hall–Kier alpha value is -3.08. The Bertz CT molecular complexity index is 1180. The summed E-state index contributed by atoms with van der Waals surface area (Å²) < 4.78 is 23.5. The van der Waals surface area contributed by atoms with E-state index in [0.29, 0.717) is 36.5 Å². The number of carbonyl (C=O) groups excluding carboxylic acids is 1. The molecular formula is C27H34N2O8. The average molecular weight is 515 g/mol. The van der Waals surface area contributed by atoms with E-state index in [1.807, 2.05) is 19.2 Å². The molecule has 37 heavy (non-hydrogen) atoms. The van der Waals surface area contributed by atoms with E-state index in [2.05, 4.69) is 11.5 Å². The number of benzene rings is 1. The predicted molar refractivity (Wildman–Crippen MR) is 132 cm³/mol. The summed E-state index contributed by atoms with van der Waals surface area (Å²) in [5, 5.41) is 21.1. The molecule has 1 spiro atoms. The highest BCUT2D eigenvalue weighted by Crippen LogP contribution is 2.65. The molecule has 0 aromatic heterocycles. The molecule has 2 aliphatic heterocycles. The number of likely N-dealkylation sites (N-methyl/N-ethyl adjacent to an activating group) is 1. The van der Waals surface area contributed by atoms with Gasteiger partial charge in [0.05, 0.1) is 24.2 Å². The van der Waals surface area contributed by atoms with Crippen molar-refractivity contribution in [3.05, 3.63) is 47.4 Å². The summed E-state index contributed by atoms with van der Waals surface area (Å²) in [6.07, 6.45) is 1.63. The summed E-state index contributed by atoms with van der Waals surface area (Å²) in [5.74, 6) is -0.0169. The normalized spacial score (nSPS) is 30.8. The first-order valence-corrected chi connectivity index (χ1v) is 12.6. The number of piperidine rings is 1. The molecule has 6 atom stereocenters. The Kier molecular flexibility index (Phi) is 6.24. The Balaban J connectivity index is 1.41. The quantitative estimate of drug-likeness (QED) is 0.329. The number of hydrogen-bond donors (Lipinski definition) is 3. The molecule has 0 unspecified atom stereocenters. The molecule has 1 fully saturated rings. The van der Waals surface area contributed by atoms with Crippen LogP contribution in [-0.2, 0) is 30.9 Å². The first kappa shape index (κ1) is 25.6. The Labute approximate surface area is 215 Å². The molecule has 0 radical (unpaired) electrons. The zero-order valence-electron chi connectivity index (χ0n) is 21.4. The van der Waals surface area contributed by atoms with Crippen molar-refractivity contribution >= 4 is 11.9 Å². The lowest BCUT2D eigenvalue weighted by atomic mass is 9.50. The number of ether oxygens (including phenoxy) is 4. The maximum atomic E-state index is 13.1. The molecule has 2 heterocycles. The first-order valence-electron chi connectivity index (χ1n) is 12.6. The Morgan fingerprint density at radius 2 is 2.14 bits per heavy atom. The van der Waals surface area contributed by atoms with Crippen LogP contribution in [0, 0.1) is 0 Å². The highest BCUT2D eigenvalue weighted by atomic mass is 16.6. The van der Waals surface area contributed by atoms with Crippen LogP contribution in [0.15, 0.2) is 36.3 Å². The molecule has 4 N–H and O–H groups in total. The van der Waals surface area contributed by atoms with Gasteiger partial charge in [0.1, 0.15) is 11.5 Å². The summed E-state index contributed by atoms with van der Waals surface area (Å²) >= 11 is 0. The van der Waals surface area contributed by atoms with Crippen molar-refractivity contribution in [3.8, 4) is 11.5 Å². The maximum absolute atomic E-state index is 13.1. The van der Waals surface area contributed by atoms with E-state index < -0.39 is 41.2 Å². The van der Waals surface area contributed by atoms with E-state index in [-0.39, 0.29) is 24.6 Å². The van der Waals surface area contributed by atoms with Gasteiger partial charge in [-0.3, -0.25) is 4.79 Å². The van der Waals surface area contributed by atoms with Gasteiger partial charge in [-0.15, -0.1) is 0 Å². The molecule has 2 bridgehead atoms. The fraction of sp³-hybridized carbons (Fsp3) is 0.556. The van der Waals surface area contributed by atoms with Crippen LogP contribution >= 0.6 is 0 Å². The fourth-order valence-electron chi connectivity index (χ4n) is 6.59. The summed E-state index contributed by atoms with van der Waals surface area (Å²) in [6, 6.07) is 3.08. The number of aliphatic hydroxyl groups is 1. The minimum atomic E-state index is -1.10. The topological polar surface area (TPSA) is 141 Å². The van der Waals surface area contributed by atoms with Gasteiger partial charge in [0.25, 0.3) is 0 Å². The lowest BCUT2D eigenvalue weighted by molar-refractivity contribution is -0.172. The van der Waals surface area contributed by atoms with Crippen LogP contribution in [0.5, 0.6) is 11.5 Å². The van der Waals surface area contributed by atoms with Gasteiger partial charge in [-0.2, -0.15) is 0 Å². The number of carboxylic acids is 1. The number of nitrogens with zero attached hydrogens (tertiary/aromatic N) is 1. The molecule has 200 valence electrons. The van der Waals surface area contributed by atoms with Crippen LogP contribution < -0.4 is 15.2 Å². The van der Waals surface area contributed by atoms with Crippen molar-refractivity contribution in [1.29, 1.82) is 0 Å². The molecule has 5 rings (SSSR count). The lowest BCUT2D eigenvalue weighted by Crippen LogP contribution is -2.74. The second kappa shape index (κ2) is 9.04. The lowest BCUT2D eigenvalue weighted by Gasteiger charge is -2.61. The second-order valence-electron chi connectivity index (χ2n) is 10.5. The van der Waals surface area contributed by atoms with Crippen LogP contribution in [-0.4, -0.2) is 77.6 Å². The van der Waals surface area contributed by atoms with Gasteiger partial charge >= 0.3 is 11.9 Å². The van der Waals surface area contributed by atoms with Gasteiger partial charge in [-0.05, 0) is 57.5 Å². The maximum Gasteiger partial charge on any atom is 0.352 e. The third-order valence-electron chi connectivity index (χ3n) is 8.52. The monoisotopic (exact) mass is 514 g/mol. The van der Waals surface area contributed by atoms with Crippen molar-refractivity contribution in [2.75, 3.05) is 20.7 Å². The van der Waals surface area contributed by atoms with Gasteiger partial charge in [0.15, 0.2) is 23.7 Å². The number of carboxylic acid groups (broad SMARTS) is 1. The third kappa shape index (κ3) is 3.72. The Morgan fingerprint density at radius 1 is 1.38 bits per heavy atom. The van der Waals surface area contributed by atoms with Gasteiger partial charge < -0.3 is 39.8 Å². The van der Waals surface area contributed by atoms with Gasteiger partial charge in [0.2, 0.25) is 0 Å². The number of rotatable bonds is 9. The van der Waals surface area contributed by atoms with Gasteiger partial charge in [-0.1, -0.05) is 12.6 Å². The predicted octanol–water partition coefficient (Wildman–Crippen LogP) is 1.63. The molecular weight excluding hydrogens is 480 g/mol. The Morgan fingerprint density at radius 3 is 2.84 bits per heavy atom. The molecule has 10 heteroatoms. The van der Waals surface area contributed by atoms with Crippen LogP contribution in [0.4, 0.5) is 0 Å². The molecule has 10 nitrogen and oxygen atoms in total. The van der Waals surface area contributed by atoms with E-state index in [1.54, 1.807) is 13.2 Å². The first-order chi connectivity index (χ1) is 17.5. The molecule has 1 aromatic rings. The zero-order chi connectivity index (χ0) is 26.7. The van der Waals surface area contributed by atoms with Gasteiger partial charge in [0, 0.05) is 24.4 Å². The van der Waals surface area contributed by atoms with Crippen LogP contribution in [0.2, 0.25) is 0 Å². The number of hydrogen-bond acceptors (Lipinski definition) is 9. The van der Waals surface area contributed by atoms with E-state index >= 15 is 0 Å².